The Balaban J connectivity index is 1.72. The molecule has 0 saturated carbocycles. The van der Waals surface area contributed by atoms with Gasteiger partial charge in [-0.3, -0.25) is 9.59 Å². The summed E-state index contributed by atoms with van der Waals surface area (Å²) in [6, 6.07) is 14.5. The van der Waals surface area contributed by atoms with Crippen LogP contribution in [0.2, 0.25) is 0 Å². The van der Waals surface area contributed by atoms with Crippen LogP contribution in [-0.4, -0.2) is 37.8 Å². The molecule has 30 heavy (non-hydrogen) atoms. The molecule has 1 amide bonds. The Morgan fingerprint density at radius 2 is 1.83 bits per heavy atom. The lowest BCUT2D eigenvalue weighted by atomic mass is 10.1. The number of nitrogens with zero attached hydrogens (tertiary/aromatic N) is 1. The Morgan fingerprint density at radius 1 is 1.10 bits per heavy atom. The largest absolute Gasteiger partial charge is 0.497 e. The number of anilines is 1. The number of carbonyl (C=O) groups excluding carboxylic acids is 1. The monoisotopic (exact) mass is 408 g/mol. The molecule has 156 valence electrons. The molecule has 0 spiro atoms. The van der Waals surface area contributed by atoms with E-state index in [4.69, 9.17) is 14.2 Å². The molecule has 2 heterocycles. The van der Waals surface area contributed by atoms with Crippen LogP contribution in [0, 0.1) is 0 Å². The van der Waals surface area contributed by atoms with E-state index in [0.717, 1.165) is 11.8 Å². The van der Waals surface area contributed by atoms with Gasteiger partial charge in [-0.1, -0.05) is 0 Å². The van der Waals surface area contributed by atoms with E-state index in [9.17, 15) is 9.59 Å². The molecule has 1 aliphatic rings. The molecule has 1 aliphatic heterocycles. The number of methoxy groups -OCH3 is 2. The van der Waals surface area contributed by atoms with Crippen LogP contribution in [0.3, 0.4) is 0 Å². The van der Waals surface area contributed by atoms with Gasteiger partial charge in [0.2, 0.25) is 0 Å². The molecule has 7 heteroatoms. The Hall–Kier alpha value is -3.32. The number of carbonyl (C=O) groups is 1. The van der Waals surface area contributed by atoms with Crippen LogP contribution in [0.15, 0.2) is 53.3 Å². The minimum Gasteiger partial charge on any atom is -0.497 e. The molecule has 0 radical (unpaired) electrons. The van der Waals surface area contributed by atoms with Crippen molar-refractivity contribution in [1.82, 2.24) is 4.98 Å². The topological polar surface area (TPSA) is 80.9 Å². The van der Waals surface area contributed by atoms with Gasteiger partial charge in [-0.2, -0.15) is 0 Å². The third-order valence-corrected chi connectivity index (χ3v) is 5.31. The van der Waals surface area contributed by atoms with Gasteiger partial charge < -0.3 is 24.1 Å². The zero-order valence-corrected chi connectivity index (χ0v) is 17.0. The van der Waals surface area contributed by atoms with Crippen molar-refractivity contribution >= 4 is 22.5 Å². The van der Waals surface area contributed by atoms with Crippen molar-refractivity contribution in [3.8, 4) is 11.5 Å². The van der Waals surface area contributed by atoms with E-state index in [2.05, 4.69) is 4.98 Å². The molecule has 2 aromatic carbocycles. The summed E-state index contributed by atoms with van der Waals surface area (Å²) in [6.07, 6.45) is 1.03. The fraction of sp³-hybridized carbons (Fsp3) is 0.304. The highest BCUT2D eigenvalue weighted by molar-refractivity contribution is 5.96. The van der Waals surface area contributed by atoms with Gasteiger partial charge in [0.15, 0.2) is 0 Å². The van der Waals surface area contributed by atoms with Crippen LogP contribution in [0.25, 0.3) is 10.9 Å². The van der Waals surface area contributed by atoms with Crippen LogP contribution in [0.4, 0.5) is 5.69 Å². The minimum absolute atomic E-state index is 0.132. The first-order valence-electron chi connectivity index (χ1n) is 9.86. The van der Waals surface area contributed by atoms with Crippen molar-refractivity contribution in [1.29, 1.82) is 0 Å². The molecular weight excluding hydrogens is 384 g/mol. The summed E-state index contributed by atoms with van der Waals surface area (Å²) < 4.78 is 16.1. The number of ether oxygens (including phenoxy) is 3. The van der Waals surface area contributed by atoms with Gasteiger partial charge in [-0.15, -0.1) is 0 Å². The van der Waals surface area contributed by atoms with Crippen molar-refractivity contribution in [3.05, 3.63) is 64.4 Å². The fourth-order valence-corrected chi connectivity index (χ4v) is 3.65. The first kappa shape index (κ1) is 20.0. The maximum absolute atomic E-state index is 13.2. The van der Waals surface area contributed by atoms with Gasteiger partial charge in [0.05, 0.1) is 20.8 Å². The van der Waals surface area contributed by atoms with Crippen LogP contribution in [0.1, 0.15) is 18.4 Å². The Kier molecular flexibility index (Phi) is 5.72. The molecule has 1 fully saturated rings. The molecule has 1 atom stereocenters. The molecule has 7 nitrogen and oxygen atoms in total. The molecule has 1 N–H and O–H groups in total. The number of aromatic amines is 1. The Labute approximate surface area is 174 Å². The molecule has 4 rings (SSSR count). The second-order valence-corrected chi connectivity index (χ2v) is 7.20. The zero-order chi connectivity index (χ0) is 21.1. The summed E-state index contributed by atoms with van der Waals surface area (Å²) in [5.41, 5.74) is 1.65. The van der Waals surface area contributed by atoms with E-state index in [1.165, 1.54) is 0 Å². The Bertz CT molecular complexity index is 1100. The van der Waals surface area contributed by atoms with Gasteiger partial charge in [0.1, 0.15) is 17.6 Å². The lowest BCUT2D eigenvalue weighted by Gasteiger charge is -2.25. The lowest BCUT2D eigenvalue weighted by Crippen LogP contribution is -2.39. The summed E-state index contributed by atoms with van der Waals surface area (Å²) in [6.45, 7) is 0.705. The highest BCUT2D eigenvalue weighted by Gasteiger charge is 2.29. The average Bonchev–Trinajstić information content (AvgIpc) is 3.32. The maximum atomic E-state index is 13.2. The summed E-state index contributed by atoms with van der Waals surface area (Å²) in [7, 11) is 3.19. The second kappa shape index (κ2) is 8.59. The number of rotatable bonds is 6. The third kappa shape index (κ3) is 4.02. The number of nitrogens with one attached hydrogen (secondary N) is 1. The van der Waals surface area contributed by atoms with Crippen LogP contribution in [0.5, 0.6) is 11.5 Å². The van der Waals surface area contributed by atoms with Gasteiger partial charge in [0, 0.05) is 28.8 Å². The Morgan fingerprint density at radius 3 is 2.50 bits per heavy atom. The third-order valence-electron chi connectivity index (χ3n) is 5.31. The van der Waals surface area contributed by atoms with E-state index >= 15 is 0 Å². The lowest BCUT2D eigenvalue weighted by molar-refractivity contribution is -0.127. The summed E-state index contributed by atoms with van der Waals surface area (Å²) in [5, 5.41) is 0.836. The van der Waals surface area contributed by atoms with Gasteiger partial charge in [0.25, 0.3) is 11.5 Å². The van der Waals surface area contributed by atoms with Crippen LogP contribution >= 0.6 is 0 Å². The fourth-order valence-electron chi connectivity index (χ4n) is 3.65. The number of hydrogen-bond acceptors (Lipinski definition) is 5. The first-order valence-corrected chi connectivity index (χ1v) is 9.86. The predicted octanol–water partition coefficient (Wildman–Crippen LogP) is 3.26. The van der Waals surface area contributed by atoms with E-state index < -0.39 is 6.10 Å². The van der Waals surface area contributed by atoms with E-state index in [1.807, 2.05) is 18.2 Å². The number of benzene rings is 2. The first-order chi connectivity index (χ1) is 14.6. The summed E-state index contributed by atoms with van der Waals surface area (Å²) in [5.74, 6) is 1.24. The smallest absolute Gasteiger partial charge is 0.256 e. The van der Waals surface area contributed by atoms with Crippen molar-refractivity contribution in [2.45, 2.75) is 25.5 Å². The van der Waals surface area contributed by atoms with Crippen molar-refractivity contribution in [2.24, 2.45) is 0 Å². The van der Waals surface area contributed by atoms with Crippen LogP contribution < -0.4 is 19.9 Å². The number of H-pyrrole nitrogens is 1. The number of aromatic nitrogens is 1. The molecule has 3 aromatic rings. The minimum atomic E-state index is -0.494. The van der Waals surface area contributed by atoms with Gasteiger partial charge in [-0.05, 0) is 61.4 Å². The summed E-state index contributed by atoms with van der Waals surface area (Å²) >= 11 is 0. The zero-order valence-electron chi connectivity index (χ0n) is 17.0. The SMILES string of the molecule is COc1ccc(N(Cc2cc3cc(OC)ccc3[nH]c2=O)C(=O)[C@@H]2CCCO2)cc1. The van der Waals surface area contributed by atoms with E-state index in [-0.39, 0.29) is 18.0 Å². The van der Waals surface area contributed by atoms with Crippen molar-refractivity contribution in [2.75, 3.05) is 25.7 Å². The number of fused-ring (bicyclic) bond motifs is 1. The molecule has 1 saturated heterocycles. The van der Waals surface area contributed by atoms with E-state index in [1.54, 1.807) is 49.5 Å². The summed E-state index contributed by atoms with van der Waals surface area (Å²) in [4.78, 5) is 30.4. The second-order valence-electron chi connectivity index (χ2n) is 7.20. The standard InChI is InChI=1S/C23H24N2O5/c1-28-18-7-5-17(6-8-18)25(23(27)21-4-3-11-30-21)14-16-12-15-13-19(29-2)9-10-20(15)24-22(16)26/h5-10,12-13,21H,3-4,11,14H2,1-2H3,(H,24,26)/t21-/m0/s1. The van der Waals surface area contributed by atoms with Crippen molar-refractivity contribution in [3.63, 3.8) is 0 Å². The quantitative estimate of drug-likeness (QED) is 0.677. The molecule has 0 bridgehead atoms. The number of amides is 1. The number of pyridine rings is 1. The molecule has 0 unspecified atom stereocenters. The maximum Gasteiger partial charge on any atom is 0.256 e. The van der Waals surface area contributed by atoms with Crippen molar-refractivity contribution < 1.29 is 19.0 Å². The molecule has 0 aliphatic carbocycles. The number of hydrogen-bond donors (Lipinski definition) is 1. The average molecular weight is 408 g/mol. The predicted molar refractivity (Wildman–Crippen MR) is 114 cm³/mol. The molecule has 1 aromatic heterocycles. The normalized spacial score (nSPS) is 15.9. The highest BCUT2D eigenvalue weighted by Crippen LogP contribution is 2.25. The van der Waals surface area contributed by atoms with E-state index in [0.29, 0.717) is 41.3 Å². The van der Waals surface area contributed by atoms with Crippen LogP contribution in [-0.2, 0) is 16.1 Å². The van der Waals surface area contributed by atoms with Gasteiger partial charge in [-0.25, -0.2) is 0 Å². The molecular formula is C23H24N2O5. The highest BCUT2D eigenvalue weighted by atomic mass is 16.5. The van der Waals surface area contributed by atoms with Gasteiger partial charge >= 0.3 is 0 Å².